The number of amides is 1. The molecule has 2 unspecified atom stereocenters. The topological polar surface area (TPSA) is 72.5 Å². The Kier molecular flexibility index (Phi) is 6.25. The molecule has 2 atom stereocenters. The van der Waals surface area contributed by atoms with Crippen molar-refractivity contribution in [1.29, 1.82) is 0 Å². The van der Waals surface area contributed by atoms with Crippen molar-refractivity contribution >= 4 is 46.9 Å². The van der Waals surface area contributed by atoms with E-state index in [4.69, 9.17) is 4.74 Å². The highest BCUT2D eigenvalue weighted by molar-refractivity contribution is 8.21. The maximum atomic E-state index is 12.7. The van der Waals surface area contributed by atoms with E-state index in [9.17, 15) is 14.4 Å². The van der Waals surface area contributed by atoms with Crippen LogP contribution >= 0.6 is 23.5 Å². The van der Waals surface area contributed by atoms with Crippen LogP contribution in [-0.2, 0) is 14.3 Å². The molecular weight excluding hydrogens is 406 g/mol. The number of carbonyl (C=O) groups is 3. The Hall–Kier alpha value is -1.47. The first-order valence-electron chi connectivity index (χ1n) is 10.3. The SMILES string of the molecule is CC(=O)c1ccc(NC(=O)COC(=O)C2CC3CCCC(C2)C32SCCS2)cc1. The molecule has 1 aromatic rings. The quantitative estimate of drug-likeness (QED) is 0.549. The Morgan fingerprint density at radius 2 is 1.69 bits per heavy atom. The van der Waals surface area contributed by atoms with E-state index >= 15 is 0 Å². The largest absolute Gasteiger partial charge is 0.455 e. The van der Waals surface area contributed by atoms with E-state index in [0.717, 1.165) is 12.8 Å². The maximum Gasteiger partial charge on any atom is 0.309 e. The van der Waals surface area contributed by atoms with Crippen molar-refractivity contribution < 1.29 is 19.1 Å². The van der Waals surface area contributed by atoms with Crippen molar-refractivity contribution in [2.75, 3.05) is 23.4 Å². The average molecular weight is 434 g/mol. The van der Waals surface area contributed by atoms with Gasteiger partial charge in [-0.15, -0.1) is 23.5 Å². The lowest BCUT2D eigenvalue weighted by Gasteiger charge is -2.51. The van der Waals surface area contributed by atoms with Crippen LogP contribution in [0.2, 0.25) is 0 Å². The Balaban J connectivity index is 1.28. The van der Waals surface area contributed by atoms with Crippen molar-refractivity contribution in [3.05, 3.63) is 29.8 Å². The molecule has 1 spiro atoms. The zero-order chi connectivity index (χ0) is 20.4. The number of esters is 1. The molecule has 5 nitrogen and oxygen atoms in total. The number of thioether (sulfide) groups is 2. The molecule has 4 rings (SSSR count). The second-order valence-electron chi connectivity index (χ2n) is 8.20. The summed E-state index contributed by atoms with van der Waals surface area (Å²) in [6.45, 7) is 1.23. The summed E-state index contributed by atoms with van der Waals surface area (Å²) in [6.07, 6.45) is 5.46. The molecule has 29 heavy (non-hydrogen) atoms. The van der Waals surface area contributed by atoms with Crippen LogP contribution < -0.4 is 5.32 Å². The molecule has 156 valence electrons. The van der Waals surface area contributed by atoms with Gasteiger partial charge in [-0.05, 0) is 68.7 Å². The van der Waals surface area contributed by atoms with Crippen LogP contribution in [0.4, 0.5) is 5.69 Å². The van der Waals surface area contributed by atoms with Gasteiger partial charge in [-0.25, -0.2) is 0 Å². The molecule has 1 aliphatic heterocycles. The van der Waals surface area contributed by atoms with Gasteiger partial charge in [0.1, 0.15) is 0 Å². The molecule has 1 amide bonds. The first-order valence-corrected chi connectivity index (χ1v) is 12.3. The van der Waals surface area contributed by atoms with E-state index in [0.29, 0.717) is 27.2 Å². The van der Waals surface area contributed by atoms with Crippen molar-refractivity contribution in [1.82, 2.24) is 0 Å². The second-order valence-corrected chi connectivity index (χ2v) is 11.2. The third-order valence-electron chi connectivity index (χ3n) is 6.37. The molecule has 2 saturated carbocycles. The fraction of sp³-hybridized carbons (Fsp3) is 0.591. The summed E-state index contributed by atoms with van der Waals surface area (Å²) in [5, 5.41) is 2.71. The third kappa shape index (κ3) is 4.36. The van der Waals surface area contributed by atoms with Gasteiger partial charge in [0.15, 0.2) is 12.4 Å². The second kappa shape index (κ2) is 8.72. The fourth-order valence-electron chi connectivity index (χ4n) is 5.04. The smallest absolute Gasteiger partial charge is 0.309 e. The molecule has 3 fully saturated rings. The van der Waals surface area contributed by atoms with Crippen molar-refractivity contribution in [3.8, 4) is 0 Å². The number of hydrogen-bond acceptors (Lipinski definition) is 6. The van der Waals surface area contributed by atoms with E-state index in [2.05, 4.69) is 28.8 Å². The molecule has 1 N–H and O–H groups in total. The average Bonchev–Trinajstić information content (AvgIpc) is 3.16. The summed E-state index contributed by atoms with van der Waals surface area (Å²) in [5.41, 5.74) is 1.18. The number of benzene rings is 1. The summed E-state index contributed by atoms with van der Waals surface area (Å²) >= 11 is 4.24. The summed E-state index contributed by atoms with van der Waals surface area (Å²) in [7, 11) is 0. The van der Waals surface area contributed by atoms with Crippen molar-refractivity contribution in [2.24, 2.45) is 17.8 Å². The zero-order valence-electron chi connectivity index (χ0n) is 16.6. The summed E-state index contributed by atoms with van der Waals surface area (Å²) in [6, 6.07) is 6.68. The Labute approximate surface area is 180 Å². The Morgan fingerprint density at radius 3 is 2.28 bits per heavy atom. The lowest BCUT2D eigenvalue weighted by atomic mass is 9.67. The zero-order valence-corrected chi connectivity index (χ0v) is 18.3. The van der Waals surface area contributed by atoms with Crippen molar-refractivity contribution in [3.63, 3.8) is 0 Å². The highest BCUT2D eigenvalue weighted by Crippen LogP contribution is 2.64. The van der Waals surface area contributed by atoms with Crippen LogP contribution in [-0.4, -0.2) is 39.9 Å². The summed E-state index contributed by atoms with van der Waals surface area (Å²) in [4.78, 5) is 36.1. The fourth-order valence-corrected chi connectivity index (χ4v) is 8.98. The van der Waals surface area contributed by atoms with Crippen molar-refractivity contribution in [2.45, 2.75) is 43.1 Å². The van der Waals surface area contributed by atoms with Crippen LogP contribution in [0.25, 0.3) is 0 Å². The molecular formula is C22H27NO4S2. The van der Waals surface area contributed by atoms with E-state index in [1.54, 1.807) is 24.3 Å². The minimum absolute atomic E-state index is 0.0229. The standard InChI is InChI=1S/C22H27NO4S2/c1-14(24)15-5-7-19(8-6-15)23-20(25)13-27-21(26)16-11-17-3-2-4-18(12-16)22(17)28-9-10-29-22/h5-8,16-18H,2-4,9-13H2,1H3,(H,23,25). The molecule has 2 bridgehead atoms. The number of Topliss-reactive ketones (excluding diaryl/α,β-unsaturated/α-hetero) is 1. The van der Waals surface area contributed by atoms with E-state index in [-0.39, 0.29) is 30.2 Å². The van der Waals surface area contributed by atoms with Gasteiger partial charge < -0.3 is 10.1 Å². The van der Waals surface area contributed by atoms with Gasteiger partial charge in [-0.3, -0.25) is 14.4 Å². The normalized spacial score (nSPS) is 27.4. The molecule has 3 aliphatic rings. The number of anilines is 1. The highest BCUT2D eigenvalue weighted by Gasteiger charge is 2.55. The Morgan fingerprint density at radius 1 is 1.07 bits per heavy atom. The van der Waals surface area contributed by atoms with Crippen LogP contribution in [0.15, 0.2) is 24.3 Å². The Bertz CT molecular complexity index is 773. The molecule has 7 heteroatoms. The maximum absolute atomic E-state index is 12.7. The van der Waals surface area contributed by atoms with Gasteiger partial charge in [0.2, 0.25) is 0 Å². The molecule has 0 aromatic heterocycles. The highest BCUT2D eigenvalue weighted by atomic mass is 32.2. The minimum atomic E-state index is -0.358. The lowest BCUT2D eigenvalue weighted by molar-refractivity contribution is -0.154. The number of ether oxygens (including phenoxy) is 1. The first-order chi connectivity index (χ1) is 14.0. The van der Waals surface area contributed by atoms with E-state index < -0.39 is 0 Å². The summed E-state index contributed by atoms with van der Waals surface area (Å²) in [5.74, 6) is 2.92. The van der Waals surface area contributed by atoms with Gasteiger partial charge in [-0.1, -0.05) is 6.42 Å². The molecule has 1 aromatic carbocycles. The minimum Gasteiger partial charge on any atom is -0.455 e. The molecule has 1 saturated heterocycles. The van der Waals surface area contributed by atoms with Gasteiger partial charge in [0, 0.05) is 22.8 Å². The van der Waals surface area contributed by atoms with Crippen LogP contribution in [0.5, 0.6) is 0 Å². The van der Waals surface area contributed by atoms with Crippen LogP contribution in [0.1, 0.15) is 49.4 Å². The van der Waals surface area contributed by atoms with Gasteiger partial charge in [0.05, 0.1) is 10.00 Å². The van der Waals surface area contributed by atoms with Gasteiger partial charge >= 0.3 is 5.97 Å². The predicted molar refractivity (Wildman–Crippen MR) is 117 cm³/mol. The number of carbonyl (C=O) groups excluding carboxylic acids is 3. The molecule has 1 heterocycles. The van der Waals surface area contributed by atoms with Crippen LogP contribution in [0, 0.1) is 17.8 Å². The molecule has 2 aliphatic carbocycles. The van der Waals surface area contributed by atoms with Gasteiger partial charge in [0.25, 0.3) is 5.91 Å². The summed E-state index contributed by atoms with van der Waals surface area (Å²) < 4.78 is 5.71. The predicted octanol–water partition coefficient (Wildman–Crippen LogP) is 4.37. The number of rotatable bonds is 5. The van der Waals surface area contributed by atoms with Crippen LogP contribution in [0.3, 0.4) is 0 Å². The number of nitrogens with one attached hydrogen (secondary N) is 1. The van der Waals surface area contributed by atoms with E-state index in [1.807, 2.05) is 0 Å². The number of hydrogen-bond donors (Lipinski definition) is 1. The lowest BCUT2D eigenvalue weighted by Crippen LogP contribution is -2.48. The first kappa shape index (κ1) is 20.8. The van der Waals surface area contributed by atoms with Gasteiger partial charge in [-0.2, -0.15) is 0 Å². The molecule has 0 radical (unpaired) electrons. The number of ketones is 1. The third-order valence-corrected chi connectivity index (χ3v) is 10.4. The van der Waals surface area contributed by atoms with E-state index in [1.165, 1.54) is 37.7 Å². The monoisotopic (exact) mass is 433 g/mol.